The highest BCUT2D eigenvalue weighted by atomic mass is 16.5. The Morgan fingerprint density at radius 3 is 2.14 bits per heavy atom. The van der Waals surface area contributed by atoms with Gasteiger partial charge < -0.3 is 14.6 Å². The number of carbonyl (C=O) groups is 2. The molecule has 0 spiro atoms. The Balaban J connectivity index is 1.56. The molecule has 1 saturated heterocycles. The maximum absolute atomic E-state index is 13.6. The zero-order valence-electron chi connectivity index (χ0n) is 24.5. The first-order valence-electron chi connectivity index (χ1n) is 13.9. The molecule has 5 rings (SSSR count). The van der Waals surface area contributed by atoms with Crippen LogP contribution in [0.2, 0.25) is 0 Å². The number of Topliss-reactive ketones (excluding diaryl/α,β-unsaturated/α-hetero) is 1. The number of rotatable bonds is 7. The SMILES string of the molecule is COc1ccc(C2/C(=C(/O)c3ccc(OCc4ccccc4)c(C)c3)C(=O)C(=O)N2c2ccc(C(C)(C)C)cc2)cc1. The molecule has 1 atom stereocenters. The average Bonchev–Trinajstić information content (AvgIpc) is 3.26. The number of carbonyl (C=O) groups excluding carboxylic acids is 2. The molecule has 1 aliphatic rings. The van der Waals surface area contributed by atoms with Crippen LogP contribution in [0.4, 0.5) is 5.69 Å². The molecule has 1 amide bonds. The first-order chi connectivity index (χ1) is 20.1. The number of ketones is 1. The van der Waals surface area contributed by atoms with Crippen LogP contribution < -0.4 is 14.4 Å². The predicted molar refractivity (Wildman–Crippen MR) is 165 cm³/mol. The molecule has 0 aromatic heterocycles. The number of nitrogens with zero attached hydrogens (tertiary/aromatic N) is 1. The van der Waals surface area contributed by atoms with Gasteiger partial charge >= 0.3 is 0 Å². The van der Waals surface area contributed by atoms with Gasteiger partial charge in [-0.2, -0.15) is 0 Å². The molecule has 0 bridgehead atoms. The van der Waals surface area contributed by atoms with Crippen LogP contribution in [-0.2, 0) is 21.6 Å². The molecule has 1 fully saturated rings. The van der Waals surface area contributed by atoms with Crippen molar-refractivity contribution in [3.8, 4) is 11.5 Å². The summed E-state index contributed by atoms with van der Waals surface area (Å²) in [7, 11) is 1.58. The largest absolute Gasteiger partial charge is 0.507 e. The molecular weight excluding hydrogens is 526 g/mol. The van der Waals surface area contributed by atoms with E-state index in [1.165, 1.54) is 4.90 Å². The first-order valence-corrected chi connectivity index (χ1v) is 13.9. The fourth-order valence-corrected chi connectivity index (χ4v) is 5.17. The van der Waals surface area contributed by atoms with Crippen molar-refractivity contribution in [2.45, 2.75) is 45.8 Å². The van der Waals surface area contributed by atoms with Crippen LogP contribution in [0.15, 0.2) is 103 Å². The van der Waals surface area contributed by atoms with Gasteiger partial charge in [-0.15, -0.1) is 0 Å². The van der Waals surface area contributed by atoms with Crippen molar-refractivity contribution in [3.05, 3.63) is 130 Å². The summed E-state index contributed by atoms with van der Waals surface area (Å²) >= 11 is 0. The predicted octanol–water partition coefficient (Wildman–Crippen LogP) is 7.51. The van der Waals surface area contributed by atoms with Crippen LogP contribution in [0, 0.1) is 6.92 Å². The van der Waals surface area contributed by atoms with E-state index >= 15 is 0 Å². The standard InChI is InChI=1S/C36H35NO5/c1-23-21-26(13-20-30(23)42-22-24-9-7-6-8-10-24)33(38)31-32(25-11-18-29(41-5)19-12-25)37(35(40)34(31)39)28-16-14-27(15-17-28)36(2,3)4/h6-21,32,38H,22H2,1-5H3/b33-31-. The van der Waals surface area contributed by atoms with Crippen LogP contribution in [0.1, 0.15) is 54.6 Å². The molecule has 4 aromatic rings. The minimum absolute atomic E-state index is 0.0300. The highest BCUT2D eigenvalue weighted by molar-refractivity contribution is 6.51. The minimum atomic E-state index is -0.828. The summed E-state index contributed by atoms with van der Waals surface area (Å²) in [5.74, 6) is -0.357. The Labute approximate surface area is 246 Å². The Hall–Kier alpha value is -4.84. The third-order valence-corrected chi connectivity index (χ3v) is 7.57. The summed E-state index contributed by atoms with van der Waals surface area (Å²) in [5, 5.41) is 11.6. The number of benzene rings is 4. The third kappa shape index (κ3) is 5.66. The molecule has 1 N–H and O–H groups in total. The second-order valence-corrected chi connectivity index (χ2v) is 11.5. The maximum Gasteiger partial charge on any atom is 0.300 e. The van der Waals surface area contributed by atoms with E-state index < -0.39 is 17.7 Å². The number of amides is 1. The normalized spacial score (nSPS) is 16.5. The van der Waals surface area contributed by atoms with Gasteiger partial charge in [-0.1, -0.05) is 75.4 Å². The Kier molecular flexibility index (Phi) is 7.90. The smallest absolute Gasteiger partial charge is 0.300 e. The van der Waals surface area contributed by atoms with Crippen molar-refractivity contribution in [1.82, 2.24) is 0 Å². The van der Waals surface area contributed by atoms with Crippen LogP contribution in [-0.4, -0.2) is 23.9 Å². The number of hydrogen-bond acceptors (Lipinski definition) is 5. The zero-order valence-corrected chi connectivity index (χ0v) is 24.5. The molecule has 1 unspecified atom stereocenters. The van der Waals surface area contributed by atoms with Crippen molar-refractivity contribution in [3.63, 3.8) is 0 Å². The Morgan fingerprint density at radius 1 is 0.881 bits per heavy atom. The molecule has 6 nitrogen and oxygen atoms in total. The molecule has 42 heavy (non-hydrogen) atoms. The summed E-state index contributed by atoms with van der Waals surface area (Å²) < 4.78 is 11.3. The second kappa shape index (κ2) is 11.6. The molecule has 6 heteroatoms. The number of aliphatic hydroxyl groups is 1. The molecule has 0 radical (unpaired) electrons. The molecule has 0 saturated carbocycles. The Bertz CT molecular complexity index is 1630. The van der Waals surface area contributed by atoms with E-state index in [0.717, 1.165) is 16.7 Å². The van der Waals surface area contributed by atoms with Gasteiger partial charge in [-0.3, -0.25) is 14.5 Å². The van der Waals surface area contributed by atoms with Crippen molar-refractivity contribution in [2.24, 2.45) is 0 Å². The summed E-state index contributed by atoms with van der Waals surface area (Å²) in [4.78, 5) is 28.6. The average molecular weight is 562 g/mol. The quantitative estimate of drug-likeness (QED) is 0.144. The highest BCUT2D eigenvalue weighted by Gasteiger charge is 2.47. The van der Waals surface area contributed by atoms with Gasteiger partial charge in [0, 0.05) is 11.3 Å². The molecule has 214 valence electrons. The maximum atomic E-state index is 13.6. The van der Waals surface area contributed by atoms with E-state index in [9.17, 15) is 14.7 Å². The van der Waals surface area contributed by atoms with Crippen LogP contribution in [0.5, 0.6) is 11.5 Å². The van der Waals surface area contributed by atoms with Gasteiger partial charge in [0.05, 0.1) is 18.7 Å². The second-order valence-electron chi connectivity index (χ2n) is 11.5. The van der Waals surface area contributed by atoms with Gasteiger partial charge in [0.2, 0.25) is 0 Å². The van der Waals surface area contributed by atoms with E-state index in [1.54, 1.807) is 37.4 Å². The number of anilines is 1. The van der Waals surface area contributed by atoms with Crippen LogP contribution in [0.3, 0.4) is 0 Å². The van der Waals surface area contributed by atoms with Crippen molar-refractivity contribution in [1.29, 1.82) is 0 Å². The van der Waals surface area contributed by atoms with Crippen LogP contribution in [0.25, 0.3) is 5.76 Å². The molecule has 4 aromatic carbocycles. The van der Waals surface area contributed by atoms with E-state index in [4.69, 9.17) is 9.47 Å². The molecule has 1 heterocycles. The first kappa shape index (κ1) is 28.7. The molecule has 1 aliphatic heterocycles. The lowest BCUT2D eigenvalue weighted by Gasteiger charge is -2.27. The number of ether oxygens (including phenoxy) is 2. The zero-order chi connectivity index (χ0) is 30.0. The summed E-state index contributed by atoms with van der Waals surface area (Å²) in [5.41, 5.74) is 4.58. The number of aliphatic hydroxyl groups excluding tert-OH is 1. The topological polar surface area (TPSA) is 76.1 Å². The lowest BCUT2D eigenvalue weighted by Crippen LogP contribution is -2.29. The van der Waals surface area contributed by atoms with Crippen molar-refractivity contribution < 1.29 is 24.2 Å². The van der Waals surface area contributed by atoms with Gasteiger partial charge in [0.25, 0.3) is 11.7 Å². The van der Waals surface area contributed by atoms with Gasteiger partial charge in [0.1, 0.15) is 23.9 Å². The summed E-state index contributed by atoms with van der Waals surface area (Å²) in [6.07, 6.45) is 0. The lowest BCUT2D eigenvalue weighted by molar-refractivity contribution is -0.132. The molecular formula is C36H35NO5. The van der Waals surface area contributed by atoms with E-state index in [1.807, 2.05) is 73.7 Å². The number of methoxy groups -OCH3 is 1. The fourth-order valence-electron chi connectivity index (χ4n) is 5.17. The lowest BCUT2D eigenvalue weighted by atomic mass is 9.87. The highest BCUT2D eigenvalue weighted by Crippen LogP contribution is 2.43. The van der Waals surface area contributed by atoms with Crippen molar-refractivity contribution >= 4 is 23.1 Å². The van der Waals surface area contributed by atoms with E-state index in [0.29, 0.717) is 34.9 Å². The van der Waals surface area contributed by atoms with Crippen LogP contribution >= 0.6 is 0 Å². The van der Waals surface area contributed by atoms with Gasteiger partial charge in [-0.05, 0) is 77.1 Å². The summed E-state index contributed by atoms with van der Waals surface area (Å²) in [6.45, 7) is 8.64. The van der Waals surface area contributed by atoms with Gasteiger partial charge in [-0.25, -0.2) is 0 Å². The minimum Gasteiger partial charge on any atom is -0.507 e. The third-order valence-electron chi connectivity index (χ3n) is 7.57. The molecule has 0 aliphatic carbocycles. The number of aryl methyl sites for hydroxylation is 1. The number of hydrogen-bond donors (Lipinski definition) is 1. The van der Waals surface area contributed by atoms with E-state index in [2.05, 4.69) is 20.8 Å². The van der Waals surface area contributed by atoms with Crippen molar-refractivity contribution in [2.75, 3.05) is 12.0 Å². The van der Waals surface area contributed by atoms with E-state index in [-0.39, 0.29) is 16.7 Å². The fraction of sp³-hybridized carbons (Fsp3) is 0.222. The summed E-state index contributed by atoms with van der Waals surface area (Å²) in [6, 6.07) is 29.1. The monoisotopic (exact) mass is 561 g/mol. The van der Waals surface area contributed by atoms with Gasteiger partial charge in [0.15, 0.2) is 0 Å². The Morgan fingerprint density at radius 2 is 1.55 bits per heavy atom.